The Kier molecular flexibility index (Phi) is 19.8. The van der Waals surface area contributed by atoms with Crippen molar-refractivity contribution in [3.8, 4) is 11.5 Å². The van der Waals surface area contributed by atoms with Crippen molar-refractivity contribution >= 4 is 65.2 Å². The van der Waals surface area contributed by atoms with E-state index in [1.165, 1.54) is 64.2 Å². The van der Waals surface area contributed by atoms with E-state index in [1.807, 2.05) is 6.92 Å². The van der Waals surface area contributed by atoms with Gasteiger partial charge in [0, 0.05) is 56.9 Å². The third kappa shape index (κ3) is 13.8. The third-order valence-electron chi connectivity index (χ3n) is 11.1. The van der Waals surface area contributed by atoms with Gasteiger partial charge in [-0.05, 0) is 93.7 Å². The van der Waals surface area contributed by atoms with Crippen LogP contribution in [0.15, 0.2) is 11.5 Å². The van der Waals surface area contributed by atoms with Crippen LogP contribution in [0.4, 0.5) is 0 Å². The molecule has 0 fully saturated rings. The van der Waals surface area contributed by atoms with E-state index >= 15 is 0 Å². The standard InChI is InChI=1S/C40H67O10P.K/c1-25(2)14-10-15-26(3)16-11-17-27(4)18-12-19-28(5)20-13-22-40(9)23-21-32-31(8)35(29(6)30(7)36(32)48-40)49-51(45,46)50-38-34(43)37(33(42)24-41)47-39(38)44;/h25-28,33,37,41-43H,10-24H2,1-9H3,(H,45,46);/t26?,27?,28?,33-,37+,40?;/m0./s1. The largest absolute Gasteiger partial charge is 0.585 e. The molecule has 2 aliphatic rings. The number of fused-ring (bicyclic) bond motifs is 1. The SMILES string of the molecule is Cc1c(C)c2c(c(C)c1OP(=O)(O)OC1=C(O)[C@@H]([C@@H](O)CO)OC1=O)CCC(C)(CCCC(C)CCCC(C)CCCC(C)CCCC(C)C)O2.[K]. The second kappa shape index (κ2) is 21.6. The summed E-state index contributed by atoms with van der Waals surface area (Å²) in [5.74, 6) is 0.938. The Labute approximate surface area is 355 Å². The Bertz CT molecular complexity index is 1400. The van der Waals surface area contributed by atoms with Gasteiger partial charge >= 0.3 is 13.8 Å². The summed E-state index contributed by atoms with van der Waals surface area (Å²) in [4.78, 5) is 22.8. The molecular weight excluding hydrogens is 711 g/mol. The van der Waals surface area contributed by atoms with Gasteiger partial charge in [0.1, 0.15) is 23.2 Å². The van der Waals surface area contributed by atoms with Crippen LogP contribution in [0.25, 0.3) is 0 Å². The molecule has 4 N–H and O–H groups in total. The van der Waals surface area contributed by atoms with Gasteiger partial charge in [-0.25, -0.2) is 9.36 Å². The molecular formula is C40H67KO10P. The first-order valence-electron chi connectivity index (χ1n) is 19.3. The molecule has 7 atom stereocenters. The molecule has 1 aromatic carbocycles. The van der Waals surface area contributed by atoms with Crippen molar-refractivity contribution in [1.29, 1.82) is 0 Å². The van der Waals surface area contributed by atoms with Crippen molar-refractivity contribution in [2.24, 2.45) is 23.7 Å². The van der Waals surface area contributed by atoms with Crippen molar-refractivity contribution in [1.82, 2.24) is 0 Å². The first-order chi connectivity index (χ1) is 23.9. The average Bonchev–Trinajstić information content (AvgIpc) is 3.33. The molecule has 10 nitrogen and oxygen atoms in total. The number of phosphoric ester groups is 1. The van der Waals surface area contributed by atoms with Crippen LogP contribution in [0.3, 0.4) is 0 Å². The molecule has 2 aliphatic heterocycles. The average molecular weight is 778 g/mol. The fourth-order valence-corrected chi connectivity index (χ4v) is 8.45. The van der Waals surface area contributed by atoms with Crippen LogP contribution in [0, 0.1) is 44.4 Å². The monoisotopic (exact) mass is 777 g/mol. The molecule has 52 heavy (non-hydrogen) atoms. The maximum atomic E-state index is 13.1. The van der Waals surface area contributed by atoms with Crippen LogP contribution in [0.5, 0.6) is 11.5 Å². The molecule has 12 heteroatoms. The summed E-state index contributed by atoms with van der Waals surface area (Å²) < 4.78 is 35.0. The smallest absolute Gasteiger partial charge is 0.505 e. The van der Waals surface area contributed by atoms with E-state index in [0.717, 1.165) is 53.9 Å². The molecule has 2 heterocycles. The molecule has 0 spiro atoms. The number of benzene rings is 1. The molecule has 1 radical (unpaired) electrons. The minimum Gasteiger partial charge on any atom is -0.505 e. The summed E-state index contributed by atoms with van der Waals surface area (Å²) in [7, 11) is -5.00. The van der Waals surface area contributed by atoms with Gasteiger partial charge in [-0.2, -0.15) is 0 Å². The predicted molar refractivity (Wildman–Crippen MR) is 206 cm³/mol. The molecule has 0 aromatic heterocycles. The normalized spacial score (nSPS) is 22.1. The second-order valence-corrected chi connectivity index (χ2v) is 17.7. The first kappa shape index (κ1) is 47.5. The molecule has 0 amide bonds. The van der Waals surface area contributed by atoms with E-state index < -0.39 is 44.1 Å². The quantitative estimate of drug-likeness (QED) is 0.0510. The molecule has 5 unspecified atom stereocenters. The minimum atomic E-state index is -5.00. The van der Waals surface area contributed by atoms with Gasteiger partial charge in [0.15, 0.2) is 11.9 Å². The summed E-state index contributed by atoms with van der Waals surface area (Å²) >= 11 is 0. The van der Waals surface area contributed by atoms with Gasteiger partial charge in [0.2, 0.25) is 0 Å². The third-order valence-corrected chi connectivity index (χ3v) is 11.9. The number of carbonyl (C=O) groups is 1. The first-order valence-corrected chi connectivity index (χ1v) is 20.8. The maximum absolute atomic E-state index is 13.1. The van der Waals surface area contributed by atoms with Gasteiger partial charge in [-0.1, -0.05) is 98.8 Å². The van der Waals surface area contributed by atoms with Crippen molar-refractivity contribution < 1.29 is 48.1 Å². The summed E-state index contributed by atoms with van der Waals surface area (Å²) in [6.07, 6.45) is 13.5. The number of cyclic esters (lactones) is 1. The molecule has 0 bridgehead atoms. The van der Waals surface area contributed by atoms with Gasteiger partial charge in [-0.15, -0.1) is 0 Å². The van der Waals surface area contributed by atoms with E-state index in [9.17, 15) is 24.5 Å². The van der Waals surface area contributed by atoms with Gasteiger partial charge < -0.3 is 33.8 Å². The molecule has 0 aliphatic carbocycles. The van der Waals surface area contributed by atoms with Crippen LogP contribution in [0.2, 0.25) is 0 Å². The van der Waals surface area contributed by atoms with E-state index in [1.54, 1.807) is 13.8 Å². The van der Waals surface area contributed by atoms with Crippen molar-refractivity contribution in [2.45, 2.75) is 170 Å². The van der Waals surface area contributed by atoms with Gasteiger partial charge in [0.25, 0.3) is 5.76 Å². The number of ether oxygens (including phenoxy) is 2. The number of carbonyl (C=O) groups excluding carboxylic acids is 1. The van der Waals surface area contributed by atoms with E-state index in [2.05, 4.69) is 41.5 Å². The van der Waals surface area contributed by atoms with Gasteiger partial charge in [0.05, 0.1) is 6.61 Å². The zero-order chi connectivity index (χ0) is 38.1. The molecule has 3 rings (SSSR count). The summed E-state index contributed by atoms with van der Waals surface area (Å²) in [5.41, 5.74) is 2.58. The Hall–Kier alpha value is -0.624. The van der Waals surface area contributed by atoms with Crippen LogP contribution in [0.1, 0.15) is 147 Å². The summed E-state index contributed by atoms with van der Waals surface area (Å²) in [5, 5.41) is 29.2. The van der Waals surface area contributed by atoms with Crippen molar-refractivity contribution in [3.05, 3.63) is 33.8 Å². The molecule has 0 saturated heterocycles. The van der Waals surface area contributed by atoms with Crippen LogP contribution >= 0.6 is 7.82 Å². The fourth-order valence-electron chi connectivity index (χ4n) is 7.50. The van der Waals surface area contributed by atoms with Crippen molar-refractivity contribution in [3.63, 3.8) is 0 Å². The Balaban J connectivity index is 0.00000936. The van der Waals surface area contributed by atoms with E-state index in [4.69, 9.17) is 23.6 Å². The fraction of sp³-hybridized carbons (Fsp3) is 0.775. The predicted octanol–water partition coefficient (Wildman–Crippen LogP) is 9.10. The Morgan fingerprint density at radius 1 is 0.846 bits per heavy atom. The Morgan fingerprint density at radius 3 is 1.88 bits per heavy atom. The van der Waals surface area contributed by atoms with Crippen LogP contribution in [-0.4, -0.2) is 102 Å². The number of hydrogen-bond donors (Lipinski definition) is 4. The van der Waals surface area contributed by atoms with Crippen LogP contribution < -0.4 is 9.26 Å². The Morgan fingerprint density at radius 2 is 1.37 bits per heavy atom. The molecule has 0 saturated carbocycles. The number of aliphatic hydroxyl groups excluding tert-OH is 3. The zero-order valence-corrected chi connectivity index (χ0v) is 37.8. The summed E-state index contributed by atoms with van der Waals surface area (Å²) in [6.45, 7) is 18.6. The zero-order valence-electron chi connectivity index (χ0n) is 33.8. The minimum absolute atomic E-state index is 0. The molecule has 1 aromatic rings. The number of rotatable bonds is 22. The number of aliphatic hydroxyl groups is 3. The van der Waals surface area contributed by atoms with Crippen molar-refractivity contribution in [2.75, 3.05) is 6.61 Å². The van der Waals surface area contributed by atoms with Gasteiger partial charge in [-0.3, -0.25) is 4.89 Å². The number of esters is 1. The second-order valence-electron chi connectivity index (χ2n) is 16.4. The summed E-state index contributed by atoms with van der Waals surface area (Å²) in [6, 6.07) is 0. The number of hydrogen-bond acceptors (Lipinski definition) is 9. The molecule has 293 valence electrons. The topological polar surface area (TPSA) is 152 Å². The van der Waals surface area contributed by atoms with Crippen LogP contribution in [-0.2, 0) is 25.0 Å². The van der Waals surface area contributed by atoms with E-state index in [0.29, 0.717) is 23.5 Å². The van der Waals surface area contributed by atoms with E-state index in [-0.39, 0.29) is 62.7 Å². The number of phosphoric acid groups is 1. The maximum Gasteiger partial charge on any atom is 0.585 e.